The van der Waals surface area contributed by atoms with Crippen LogP contribution in [0.25, 0.3) is 0 Å². The van der Waals surface area contributed by atoms with E-state index in [1.807, 2.05) is 0 Å². The zero-order chi connectivity index (χ0) is 16.2. The van der Waals surface area contributed by atoms with Crippen LogP contribution in [0.4, 0.5) is 8.78 Å². The maximum absolute atomic E-state index is 13.3. The smallest absolute Gasteiger partial charge is 0.220 e. The Balaban J connectivity index is 1.46. The third kappa shape index (κ3) is 5.27. The number of nitrogens with one attached hydrogen (secondary N) is 1. The van der Waals surface area contributed by atoms with E-state index in [0.717, 1.165) is 51.3 Å². The average Bonchev–Trinajstić information content (AvgIpc) is 3.28. The first-order valence-electron chi connectivity index (χ1n) is 8.55. The van der Waals surface area contributed by atoms with Crippen LogP contribution in [-0.2, 0) is 11.3 Å². The molecule has 1 aliphatic heterocycles. The highest BCUT2D eigenvalue weighted by atomic mass is 19.1. The largest absolute Gasteiger partial charge is 0.353 e. The molecule has 23 heavy (non-hydrogen) atoms. The number of amides is 1. The van der Waals surface area contributed by atoms with Gasteiger partial charge in [0, 0.05) is 31.6 Å². The maximum atomic E-state index is 13.3. The number of likely N-dealkylation sites (tertiary alicyclic amines) is 1. The van der Waals surface area contributed by atoms with E-state index in [-0.39, 0.29) is 5.91 Å². The maximum Gasteiger partial charge on any atom is 0.220 e. The van der Waals surface area contributed by atoms with Gasteiger partial charge in [0.05, 0.1) is 0 Å². The number of benzene rings is 1. The van der Waals surface area contributed by atoms with Gasteiger partial charge in [0.1, 0.15) is 11.6 Å². The molecular weight excluding hydrogens is 298 g/mol. The Labute approximate surface area is 136 Å². The summed E-state index contributed by atoms with van der Waals surface area (Å²) in [6.45, 7) is 2.41. The van der Waals surface area contributed by atoms with Gasteiger partial charge in [0.15, 0.2) is 0 Å². The molecule has 0 aromatic heterocycles. The van der Waals surface area contributed by atoms with Gasteiger partial charge in [-0.3, -0.25) is 9.69 Å². The molecule has 0 bridgehead atoms. The zero-order valence-corrected chi connectivity index (χ0v) is 13.4. The molecule has 1 unspecified atom stereocenters. The Kier molecular flexibility index (Phi) is 5.26. The lowest BCUT2D eigenvalue weighted by atomic mass is 9.93. The van der Waals surface area contributed by atoms with Crippen molar-refractivity contribution in [1.29, 1.82) is 0 Å². The summed E-state index contributed by atoms with van der Waals surface area (Å²) in [5.74, 6) is -0.389. The quantitative estimate of drug-likeness (QED) is 0.872. The molecule has 1 aliphatic carbocycles. The molecule has 1 saturated carbocycles. The fourth-order valence-electron chi connectivity index (χ4n) is 3.35. The number of carbonyl (C=O) groups is 1. The number of nitrogens with zero attached hydrogens (tertiary/aromatic N) is 1. The fraction of sp³-hybridized carbons (Fsp3) is 0.611. The van der Waals surface area contributed by atoms with E-state index in [9.17, 15) is 13.6 Å². The summed E-state index contributed by atoms with van der Waals surface area (Å²) in [4.78, 5) is 14.0. The normalized spacial score (nSPS) is 22.1. The molecule has 3 rings (SSSR count). The Morgan fingerprint density at radius 3 is 2.61 bits per heavy atom. The third-order valence-corrected chi connectivity index (χ3v) is 4.65. The summed E-state index contributed by atoms with van der Waals surface area (Å²) < 4.78 is 26.5. The van der Waals surface area contributed by atoms with Crippen molar-refractivity contribution in [2.24, 2.45) is 5.92 Å². The molecule has 2 fully saturated rings. The summed E-state index contributed by atoms with van der Waals surface area (Å²) in [5, 5.41) is 3.02. The van der Waals surface area contributed by atoms with Gasteiger partial charge in [0.25, 0.3) is 0 Å². The molecule has 1 aromatic rings. The van der Waals surface area contributed by atoms with Gasteiger partial charge in [-0.25, -0.2) is 8.78 Å². The van der Waals surface area contributed by atoms with Gasteiger partial charge < -0.3 is 5.32 Å². The molecule has 5 heteroatoms. The highest BCUT2D eigenvalue weighted by Gasteiger charge is 2.25. The van der Waals surface area contributed by atoms with Crippen molar-refractivity contribution < 1.29 is 13.6 Å². The predicted octanol–water partition coefficient (Wildman–Crippen LogP) is 3.24. The zero-order valence-electron chi connectivity index (χ0n) is 13.4. The monoisotopic (exact) mass is 322 g/mol. The van der Waals surface area contributed by atoms with Crippen LogP contribution in [0.1, 0.15) is 44.1 Å². The van der Waals surface area contributed by atoms with Crippen LogP contribution < -0.4 is 5.32 Å². The van der Waals surface area contributed by atoms with E-state index in [0.29, 0.717) is 30.5 Å². The van der Waals surface area contributed by atoms with Crippen LogP contribution in [0.15, 0.2) is 18.2 Å². The predicted molar refractivity (Wildman–Crippen MR) is 84.8 cm³/mol. The van der Waals surface area contributed by atoms with Crippen molar-refractivity contribution in [3.05, 3.63) is 35.4 Å². The number of hydrogen-bond acceptors (Lipinski definition) is 2. The van der Waals surface area contributed by atoms with E-state index in [4.69, 9.17) is 0 Å². The third-order valence-electron chi connectivity index (χ3n) is 4.65. The Morgan fingerprint density at radius 1 is 1.17 bits per heavy atom. The first kappa shape index (κ1) is 16.4. The van der Waals surface area contributed by atoms with E-state index in [1.54, 1.807) is 0 Å². The molecular formula is C18H24F2N2O. The fourth-order valence-corrected chi connectivity index (χ4v) is 3.35. The highest BCUT2D eigenvalue weighted by Crippen LogP contribution is 2.24. The number of halogens is 2. The highest BCUT2D eigenvalue weighted by molar-refractivity contribution is 5.76. The van der Waals surface area contributed by atoms with Crippen LogP contribution in [0, 0.1) is 17.6 Å². The van der Waals surface area contributed by atoms with Crippen molar-refractivity contribution >= 4 is 5.91 Å². The molecule has 0 spiro atoms. The van der Waals surface area contributed by atoms with Crippen molar-refractivity contribution in [2.75, 3.05) is 13.1 Å². The minimum Gasteiger partial charge on any atom is -0.353 e. The molecule has 1 aromatic carbocycles. The molecule has 0 radical (unpaired) electrons. The minimum atomic E-state index is -0.523. The van der Waals surface area contributed by atoms with Gasteiger partial charge >= 0.3 is 0 Å². The summed E-state index contributed by atoms with van der Waals surface area (Å²) in [7, 11) is 0. The van der Waals surface area contributed by atoms with Gasteiger partial charge in [-0.15, -0.1) is 0 Å². The molecule has 3 nitrogen and oxygen atoms in total. The topological polar surface area (TPSA) is 32.3 Å². The second-order valence-corrected chi connectivity index (χ2v) is 6.90. The van der Waals surface area contributed by atoms with Gasteiger partial charge in [-0.1, -0.05) is 0 Å². The van der Waals surface area contributed by atoms with E-state index in [2.05, 4.69) is 10.2 Å². The SMILES string of the molecule is O=C(CCC1CCCN(Cc2cc(F)cc(F)c2)C1)NC1CC1. The van der Waals surface area contributed by atoms with Crippen molar-refractivity contribution in [1.82, 2.24) is 10.2 Å². The molecule has 1 atom stereocenters. The minimum absolute atomic E-state index is 0.164. The van der Waals surface area contributed by atoms with Crippen LogP contribution in [0.5, 0.6) is 0 Å². The van der Waals surface area contributed by atoms with E-state index < -0.39 is 11.6 Å². The van der Waals surface area contributed by atoms with Crippen LogP contribution in [0.3, 0.4) is 0 Å². The Bertz CT molecular complexity index is 540. The molecule has 1 heterocycles. The molecule has 1 N–H and O–H groups in total. The van der Waals surface area contributed by atoms with Crippen LogP contribution in [0.2, 0.25) is 0 Å². The first-order valence-corrected chi connectivity index (χ1v) is 8.55. The molecule has 2 aliphatic rings. The van der Waals surface area contributed by atoms with Gasteiger partial charge in [-0.2, -0.15) is 0 Å². The van der Waals surface area contributed by atoms with E-state index in [1.165, 1.54) is 12.1 Å². The summed E-state index contributed by atoms with van der Waals surface area (Å²) in [5.41, 5.74) is 0.676. The molecule has 1 saturated heterocycles. The second-order valence-electron chi connectivity index (χ2n) is 6.90. The van der Waals surface area contributed by atoms with Crippen molar-refractivity contribution in [3.63, 3.8) is 0 Å². The van der Waals surface area contributed by atoms with Crippen LogP contribution >= 0.6 is 0 Å². The van der Waals surface area contributed by atoms with Gasteiger partial charge in [-0.05, 0) is 62.3 Å². The second kappa shape index (κ2) is 7.39. The average molecular weight is 322 g/mol. The summed E-state index contributed by atoms with van der Waals surface area (Å²) in [6.07, 6.45) is 5.92. The first-order chi connectivity index (χ1) is 11.1. The Hall–Kier alpha value is -1.49. The lowest BCUT2D eigenvalue weighted by molar-refractivity contribution is -0.121. The Morgan fingerprint density at radius 2 is 1.91 bits per heavy atom. The standard InChI is InChI=1S/C18H24F2N2O/c19-15-8-14(9-16(20)10-15)12-22-7-1-2-13(11-22)3-6-18(23)21-17-4-5-17/h8-10,13,17H,1-7,11-12H2,(H,21,23). The molecule has 1 amide bonds. The van der Waals surface area contributed by atoms with Crippen molar-refractivity contribution in [3.8, 4) is 0 Å². The van der Waals surface area contributed by atoms with Crippen molar-refractivity contribution in [2.45, 2.75) is 51.1 Å². The lowest BCUT2D eigenvalue weighted by Crippen LogP contribution is -2.35. The molecule has 126 valence electrons. The summed E-state index contributed by atoms with van der Waals surface area (Å²) in [6, 6.07) is 4.13. The summed E-state index contributed by atoms with van der Waals surface area (Å²) >= 11 is 0. The van der Waals surface area contributed by atoms with Crippen LogP contribution in [-0.4, -0.2) is 29.9 Å². The lowest BCUT2D eigenvalue weighted by Gasteiger charge is -2.32. The number of hydrogen-bond donors (Lipinski definition) is 1. The van der Waals surface area contributed by atoms with E-state index >= 15 is 0 Å². The number of carbonyl (C=O) groups excluding carboxylic acids is 1. The van der Waals surface area contributed by atoms with Gasteiger partial charge in [0.2, 0.25) is 5.91 Å². The number of rotatable bonds is 6. The number of piperidine rings is 1.